The van der Waals surface area contributed by atoms with E-state index < -0.39 is 57.7 Å². The molecule has 0 heterocycles. The van der Waals surface area contributed by atoms with Crippen molar-refractivity contribution in [2.24, 2.45) is 5.73 Å². The van der Waals surface area contributed by atoms with Gasteiger partial charge in [0, 0.05) is 0 Å². The highest BCUT2D eigenvalue weighted by Gasteiger charge is 2.26. The standard InChI is InChI=1S/C18H30NO10P/c1-3-5-7-9-16(20)26-11-14(29-17(21)10-8-6-4-2)12-27-30(24,25)28-13-15(19)18(22)23/h5-8,14-15H,3-4,9-13,19H2,1-2H3,(H,22,23)(H,24,25)/p-1. The fourth-order valence-electron chi connectivity index (χ4n) is 1.74. The molecule has 30 heavy (non-hydrogen) atoms. The highest BCUT2D eigenvalue weighted by atomic mass is 31.2. The van der Waals surface area contributed by atoms with Gasteiger partial charge in [-0.25, -0.2) is 4.57 Å². The van der Waals surface area contributed by atoms with E-state index in [4.69, 9.17) is 19.7 Å². The topological polar surface area (TPSA) is 175 Å². The van der Waals surface area contributed by atoms with Crippen molar-refractivity contribution in [2.45, 2.75) is 51.7 Å². The Morgan fingerprint density at radius 1 is 0.967 bits per heavy atom. The predicted molar refractivity (Wildman–Crippen MR) is 104 cm³/mol. The molecule has 3 atom stereocenters. The van der Waals surface area contributed by atoms with E-state index in [1.165, 1.54) is 0 Å². The average Bonchev–Trinajstić information content (AvgIpc) is 2.68. The molecule has 3 unspecified atom stereocenters. The molecule has 0 spiro atoms. The summed E-state index contributed by atoms with van der Waals surface area (Å²) in [5.74, 6) is -2.93. The van der Waals surface area contributed by atoms with E-state index in [0.717, 1.165) is 12.8 Å². The van der Waals surface area contributed by atoms with Crippen LogP contribution in [0.3, 0.4) is 0 Å². The largest absolute Gasteiger partial charge is 0.548 e. The molecule has 0 saturated carbocycles. The van der Waals surface area contributed by atoms with E-state index in [-0.39, 0.29) is 12.8 Å². The maximum atomic E-state index is 11.9. The molecule has 0 aromatic heterocycles. The van der Waals surface area contributed by atoms with Crippen molar-refractivity contribution in [3.63, 3.8) is 0 Å². The Hall–Kier alpha value is -2.04. The first-order chi connectivity index (χ1) is 14.1. The number of hydrogen-bond donors (Lipinski definition) is 2. The fourth-order valence-corrected chi connectivity index (χ4v) is 2.52. The summed E-state index contributed by atoms with van der Waals surface area (Å²) in [6.45, 7) is 1.89. The molecular weight excluding hydrogens is 421 g/mol. The van der Waals surface area contributed by atoms with Crippen LogP contribution in [-0.4, -0.2) is 54.8 Å². The van der Waals surface area contributed by atoms with Gasteiger partial charge in [-0.05, 0) is 12.8 Å². The molecule has 11 nitrogen and oxygen atoms in total. The smallest absolute Gasteiger partial charge is 0.472 e. The van der Waals surface area contributed by atoms with Crippen molar-refractivity contribution in [1.82, 2.24) is 0 Å². The first-order valence-corrected chi connectivity index (χ1v) is 10.8. The van der Waals surface area contributed by atoms with Gasteiger partial charge < -0.3 is 30.0 Å². The molecule has 0 aromatic rings. The summed E-state index contributed by atoms with van der Waals surface area (Å²) >= 11 is 0. The molecule has 0 aliphatic heterocycles. The highest BCUT2D eigenvalue weighted by molar-refractivity contribution is 7.47. The lowest BCUT2D eigenvalue weighted by atomic mass is 10.3. The zero-order chi connectivity index (χ0) is 23.0. The number of carboxylic acid groups (broad SMARTS) is 1. The fraction of sp³-hybridized carbons (Fsp3) is 0.611. The van der Waals surface area contributed by atoms with Gasteiger partial charge in [0.1, 0.15) is 6.61 Å². The van der Waals surface area contributed by atoms with Gasteiger partial charge >= 0.3 is 19.8 Å². The molecule has 0 aliphatic rings. The van der Waals surface area contributed by atoms with Gasteiger partial charge in [-0.15, -0.1) is 0 Å². The van der Waals surface area contributed by atoms with E-state index in [1.807, 2.05) is 13.8 Å². The third-order valence-corrected chi connectivity index (χ3v) is 4.20. The zero-order valence-electron chi connectivity index (χ0n) is 17.1. The van der Waals surface area contributed by atoms with Crippen molar-refractivity contribution in [3.05, 3.63) is 24.3 Å². The van der Waals surface area contributed by atoms with Crippen LogP contribution in [0.5, 0.6) is 0 Å². The highest BCUT2D eigenvalue weighted by Crippen LogP contribution is 2.43. The van der Waals surface area contributed by atoms with Gasteiger partial charge in [0.15, 0.2) is 6.10 Å². The van der Waals surface area contributed by atoms with E-state index in [2.05, 4.69) is 4.52 Å². The van der Waals surface area contributed by atoms with E-state index in [1.54, 1.807) is 24.3 Å². The zero-order valence-corrected chi connectivity index (χ0v) is 18.0. The van der Waals surface area contributed by atoms with Gasteiger partial charge in [-0.3, -0.25) is 18.6 Å². The number of carbonyl (C=O) groups is 3. The van der Waals surface area contributed by atoms with Crippen LogP contribution in [0.25, 0.3) is 0 Å². The number of ether oxygens (including phenoxy) is 2. The first-order valence-electron chi connectivity index (χ1n) is 9.34. The third kappa shape index (κ3) is 14.9. The molecule has 0 saturated heterocycles. The summed E-state index contributed by atoms with van der Waals surface area (Å²) in [5, 5.41) is 10.5. The van der Waals surface area contributed by atoms with Gasteiger partial charge in [-0.2, -0.15) is 0 Å². The normalized spacial score (nSPS) is 15.6. The summed E-state index contributed by atoms with van der Waals surface area (Å²) in [6, 6.07) is -1.63. The number of nitrogens with two attached hydrogens (primary N) is 1. The maximum Gasteiger partial charge on any atom is 0.472 e. The Morgan fingerprint density at radius 3 is 2.03 bits per heavy atom. The van der Waals surface area contributed by atoms with Crippen molar-refractivity contribution in [3.8, 4) is 0 Å². The van der Waals surface area contributed by atoms with E-state index >= 15 is 0 Å². The molecule has 0 rings (SSSR count). The quantitative estimate of drug-likeness (QED) is 0.189. The minimum atomic E-state index is -4.71. The van der Waals surface area contributed by atoms with Crippen LogP contribution in [-0.2, 0) is 37.5 Å². The Balaban J connectivity index is 4.80. The third-order valence-electron chi connectivity index (χ3n) is 3.25. The second-order valence-electron chi connectivity index (χ2n) is 5.95. The van der Waals surface area contributed by atoms with E-state index in [9.17, 15) is 28.9 Å². The van der Waals surface area contributed by atoms with Gasteiger partial charge in [-0.1, -0.05) is 38.2 Å². The number of hydrogen-bond acceptors (Lipinski definition) is 10. The van der Waals surface area contributed by atoms with Crippen molar-refractivity contribution >= 4 is 25.7 Å². The molecule has 0 bridgehead atoms. The molecule has 172 valence electrons. The molecule has 0 aromatic carbocycles. The molecule has 12 heteroatoms. The maximum absolute atomic E-state index is 11.9. The minimum absolute atomic E-state index is 0.0112. The van der Waals surface area contributed by atoms with Crippen LogP contribution in [0.2, 0.25) is 0 Å². The number of phosphoric ester groups is 1. The van der Waals surface area contributed by atoms with Crippen LogP contribution in [0, 0.1) is 0 Å². The molecule has 0 fully saturated rings. The monoisotopic (exact) mass is 450 g/mol. The second kappa shape index (κ2) is 15.8. The lowest BCUT2D eigenvalue weighted by Crippen LogP contribution is -2.44. The van der Waals surface area contributed by atoms with Crippen LogP contribution >= 0.6 is 7.82 Å². The van der Waals surface area contributed by atoms with Gasteiger partial charge in [0.05, 0.1) is 38.1 Å². The number of esters is 2. The summed E-state index contributed by atoms with van der Waals surface area (Å²) in [4.78, 5) is 43.7. The summed E-state index contributed by atoms with van der Waals surface area (Å²) < 4.78 is 31.1. The number of rotatable bonds is 16. The first kappa shape index (κ1) is 28.0. The van der Waals surface area contributed by atoms with Crippen molar-refractivity contribution in [2.75, 3.05) is 19.8 Å². The second-order valence-corrected chi connectivity index (χ2v) is 7.40. The Kier molecular flexibility index (Phi) is 14.7. The molecule has 0 amide bonds. The summed E-state index contributed by atoms with van der Waals surface area (Å²) in [5.41, 5.74) is 5.12. The minimum Gasteiger partial charge on any atom is -0.548 e. The predicted octanol–water partition coefficient (Wildman–Crippen LogP) is 0.365. The Morgan fingerprint density at radius 2 is 1.50 bits per heavy atom. The van der Waals surface area contributed by atoms with Crippen LogP contribution in [0.4, 0.5) is 0 Å². The van der Waals surface area contributed by atoms with E-state index in [0.29, 0.717) is 0 Å². The molecule has 0 radical (unpaired) electrons. The summed E-state index contributed by atoms with van der Waals surface area (Å²) in [7, 11) is -4.71. The van der Waals surface area contributed by atoms with Gasteiger partial charge in [0.2, 0.25) is 0 Å². The number of allylic oxidation sites excluding steroid dienone is 2. The Bertz CT molecular complexity index is 649. The van der Waals surface area contributed by atoms with Crippen molar-refractivity contribution in [1.29, 1.82) is 0 Å². The van der Waals surface area contributed by atoms with Crippen LogP contribution in [0.15, 0.2) is 24.3 Å². The molecule has 3 N–H and O–H groups in total. The number of aliphatic carboxylic acids is 1. The SMILES string of the molecule is CCC=CCC(=O)OCC(COP(=O)(O)OCC(N)C(=O)[O-])OC(=O)CC=CCC. The summed E-state index contributed by atoms with van der Waals surface area (Å²) in [6.07, 6.45) is 6.98. The molecule has 0 aliphatic carbocycles. The van der Waals surface area contributed by atoms with Crippen LogP contribution in [0.1, 0.15) is 39.5 Å². The lowest BCUT2D eigenvalue weighted by molar-refractivity contribution is -0.308. The number of carboxylic acids is 1. The van der Waals surface area contributed by atoms with Crippen molar-refractivity contribution < 1.29 is 47.5 Å². The average molecular weight is 450 g/mol. The molecular formula is C18H29NO10P-. The number of carbonyl (C=O) groups excluding carboxylic acids is 3. The lowest BCUT2D eigenvalue weighted by Gasteiger charge is -2.20. The van der Waals surface area contributed by atoms with Gasteiger partial charge in [0.25, 0.3) is 0 Å². The van der Waals surface area contributed by atoms with Crippen LogP contribution < -0.4 is 10.8 Å². The Labute approximate surface area is 175 Å². The number of phosphoric acid groups is 1.